The van der Waals surface area contributed by atoms with Crippen molar-refractivity contribution in [2.45, 2.75) is 13.0 Å². The molecule has 0 aliphatic rings. The summed E-state index contributed by atoms with van der Waals surface area (Å²) in [5, 5.41) is 0.519. The molecular weight excluding hydrogens is 418 g/mol. The van der Waals surface area contributed by atoms with Gasteiger partial charge >= 0.3 is 0 Å². The third-order valence-electron chi connectivity index (χ3n) is 5.44. The molecule has 4 rings (SSSR count). The van der Waals surface area contributed by atoms with Gasteiger partial charge in [-0.2, -0.15) is 0 Å². The molecule has 7 heteroatoms. The van der Waals surface area contributed by atoms with E-state index in [2.05, 4.69) is 9.97 Å². The van der Waals surface area contributed by atoms with Crippen LogP contribution in [0.25, 0.3) is 10.9 Å². The van der Waals surface area contributed by atoms with E-state index < -0.39 is 0 Å². The van der Waals surface area contributed by atoms with Crippen LogP contribution in [0.5, 0.6) is 11.5 Å². The quantitative estimate of drug-likeness (QED) is 0.448. The smallest absolute Gasteiger partial charge is 0.258 e. The minimum absolute atomic E-state index is 0.168. The lowest BCUT2D eigenvalue weighted by molar-refractivity contribution is 0.0740. The van der Waals surface area contributed by atoms with Crippen LogP contribution in [0.2, 0.25) is 0 Å². The molecule has 3 aromatic carbocycles. The molecule has 0 fully saturated rings. The van der Waals surface area contributed by atoms with Gasteiger partial charge in [0.2, 0.25) is 0 Å². The number of amides is 1. The molecule has 1 aromatic heterocycles. The molecule has 0 radical (unpaired) electrons. The number of ether oxygens (including phenoxy) is 2. The van der Waals surface area contributed by atoms with E-state index in [0.29, 0.717) is 41.0 Å². The predicted molar refractivity (Wildman–Crippen MR) is 127 cm³/mol. The Kier molecular flexibility index (Phi) is 6.69. The zero-order valence-electron chi connectivity index (χ0n) is 18.6. The number of carbonyl (C=O) groups excluding carboxylic acids is 1. The molecule has 7 nitrogen and oxygen atoms in total. The van der Waals surface area contributed by atoms with E-state index in [1.165, 1.54) is 0 Å². The molecule has 0 saturated carbocycles. The highest BCUT2D eigenvalue weighted by atomic mass is 16.5. The molecule has 1 heterocycles. The lowest BCUT2D eigenvalue weighted by Crippen LogP contribution is -2.34. The average Bonchev–Trinajstić information content (AvgIpc) is 2.86. The van der Waals surface area contributed by atoms with Crippen molar-refractivity contribution in [3.8, 4) is 11.5 Å². The summed E-state index contributed by atoms with van der Waals surface area (Å²) in [5.41, 5.74) is 1.95. The molecule has 0 unspecified atom stereocenters. The number of fused-ring (bicyclic) bond motifs is 1. The molecular formula is C26H25N3O4. The Bertz CT molecular complexity index is 1320. The summed E-state index contributed by atoms with van der Waals surface area (Å²) in [6, 6.07) is 21.9. The molecule has 1 N–H and O–H groups in total. The SMILES string of the molecule is COc1ccc(CCN(Cc2nc3ccccc3c(=O)[nH]2)C(=O)c2cccc(OC)c2)cc1. The highest BCUT2D eigenvalue weighted by Gasteiger charge is 2.18. The van der Waals surface area contributed by atoms with Crippen LogP contribution in [-0.2, 0) is 13.0 Å². The van der Waals surface area contributed by atoms with Crippen LogP contribution in [0.3, 0.4) is 0 Å². The van der Waals surface area contributed by atoms with Gasteiger partial charge in [0, 0.05) is 12.1 Å². The van der Waals surface area contributed by atoms with E-state index in [1.54, 1.807) is 61.6 Å². The molecule has 168 valence electrons. The molecule has 33 heavy (non-hydrogen) atoms. The zero-order chi connectivity index (χ0) is 23.2. The Morgan fingerprint density at radius 3 is 2.45 bits per heavy atom. The maximum Gasteiger partial charge on any atom is 0.258 e. The van der Waals surface area contributed by atoms with Gasteiger partial charge in [-0.05, 0) is 54.4 Å². The van der Waals surface area contributed by atoms with Gasteiger partial charge in [-0.1, -0.05) is 30.3 Å². The zero-order valence-corrected chi connectivity index (χ0v) is 18.6. The maximum absolute atomic E-state index is 13.4. The van der Waals surface area contributed by atoms with Crippen LogP contribution in [-0.4, -0.2) is 41.5 Å². The van der Waals surface area contributed by atoms with Crippen LogP contribution in [0, 0.1) is 0 Å². The first-order chi connectivity index (χ1) is 16.1. The van der Waals surface area contributed by atoms with E-state index in [9.17, 15) is 9.59 Å². The van der Waals surface area contributed by atoms with E-state index in [4.69, 9.17) is 9.47 Å². The van der Waals surface area contributed by atoms with Crippen molar-refractivity contribution in [1.29, 1.82) is 0 Å². The number of methoxy groups -OCH3 is 2. The number of carbonyl (C=O) groups is 1. The largest absolute Gasteiger partial charge is 0.497 e. The Morgan fingerprint density at radius 1 is 0.939 bits per heavy atom. The summed E-state index contributed by atoms with van der Waals surface area (Å²) in [6.07, 6.45) is 0.636. The second-order valence-corrected chi connectivity index (χ2v) is 7.59. The summed E-state index contributed by atoms with van der Waals surface area (Å²) < 4.78 is 10.5. The van der Waals surface area contributed by atoms with Crippen LogP contribution >= 0.6 is 0 Å². The van der Waals surface area contributed by atoms with Gasteiger partial charge < -0.3 is 19.4 Å². The van der Waals surface area contributed by atoms with E-state index in [-0.39, 0.29) is 18.0 Å². The first-order valence-corrected chi connectivity index (χ1v) is 10.6. The second kappa shape index (κ2) is 9.99. The minimum Gasteiger partial charge on any atom is -0.497 e. The van der Waals surface area contributed by atoms with Crippen molar-refractivity contribution in [3.05, 3.63) is 100 Å². The van der Waals surface area contributed by atoms with Crippen LogP contribution in [0.4, 0.5) is 0 Å². The number of hydrogen-bond donors (Lipinski definition) is 1. The fraction of sp³-hybridized carbons (Fsp3) is 0.192. The lowest BCUT2D eigenvalue weighted by atomic mass is 10.1. The summed E-state index contributed by atoms with van der Waals surface area (Å²) in [6.45, 7) is 0.616. The number of nitrogens with zero attached hydrogens (tertiary/aromatic N) is 2. The number of H-pyrrole nitrogens is 1. The molecule has 0 saturated heterocycles. The van der Waals surface area contributed by atoms with Gasteiger partial charge in [-0.3, -0.25) is 9.59 Å². The number of nitrogens with one attached hydrogen (secondary N) is 1. The van der Waals surface area contributed by atoms with Gasteiger partial charge in [0.1, 0.15) is 17.3 Å². The van der Waals surface area contributed by atoms with E-state index in [1.807, 2.05) is 30.3 Å². The van der Waals surface area contributed by atoms with Crippen molar-refractivity contribution < 1.29 is 14.3 Å². The molecule has 4 aromatic rings. The number of hydrogen-bond acceptors (Lipinski definition) is 5. The predicted octanol–water partition coefficient (Wildman–Crippen LogP) is 3.83. The standard InChI is InChI=1S/C26H25N3O4/c1-32-20-12-10-18(11-13-20)14-15-29(26(31)19-6-5-7-21(16-19)33-2)17-24-27-23-9-4-3-8-22(23)25(30)28-24/h3-13,16H,14-15,17H2,1-2H3,(H,27,28,30). The number of aromatic nitrogens is 2. The summed E-state index contributed by atoms with van der Waals surface area (Å²) in [4.78, 5) is 35.0. The van der Waals surface area contributed by atoms with Gasteiger partial charge in [0.15, 0.2) is 0 Å². The van der Waals surface area contributed by atoms with Crippen LogP contribution < -0.4 is 15.0 Å². The van der Waals surface area contributed by atoms with Gasteiger partial charge in [-0.25, -0.2) is 4.98 Å². The third-order valence-corrected chi connectivity index (χ3v) is 5.44. The van der Waals surface area contributed by atoms with Crippen LogP contribution in [0.15, 0.2) is 77.6 Å². The minimum atomic E-state index is -0.223. The van der Waals surface area contributed by atoms with Crippen molar-refractivity contribution in [2.24, 2.45) is 0 Å². The number of rotatable bonds is 8. The first kappa shape index (κ1) is 22.1. The fourth-order valence-corrected chi connectivity index (χ4v) is 3.64. The Labute approximate surface area is 191 Å². The van der Waals surface area contributed by atoms with Gasteiger partial charge in [0.05, 0.1) is 31.7 Å². The maximum atomic E-state index is 13.4. The van der Waals surface area contributed by atoms with Gasteiger partial charge in [0.25, 0.3) is 11.5 Å². The van der Waals surface area contributed by atoms with Crippen molar-refractivity contribution in [1.82, 2.24) is 14.9 Å². The van der Waals surface area contributed by atoms with E-state index in [0.717, 1.165) is 11.3 Å². The topological polar surface area (TPSA) is 84.5 Å². The van der Waals surface area contributed by atoms with Crippen LogP contribution in [0.1, 0.15) is 21.7 Å². The van der Waals surface area contributed by atoms with Crippen molar-refractivity contribution in [2.75, 3.05) is 20.8 Å². The highest BCUT2D eigenvalue weighted by Crippen LogP contribution is 2.17. The third kappa shape index (κ3) is 5.20. The highest BCUT2D eigenvalue weighted by molar-refractivity contribution is 5.94. The Morgan fingerprint density at radius 2 is 1.70 bits per heavy atom. The Hall–Kier alpha value is -4.13. The van der Waals surface area contributed by atoms with Crippen molar-refractivity contribution >= 4 is 16.8 Å². The van der Waals surface area contributed by atoms with E-state index >= 15 is 0 Å². The molecule has 0 bridgehead atoms. The first-order valence-electron chi connectivity index (χ1n) is 10.6. The monoisotopic (exact) mass is 443 g/mol. The lowest BCUT2D eigenvalue weighted by Gasteiger charge is -2.23. The fourth-order valence-electron chi connectivity index (χ4n) is 3.64. The second-order valence-electron chi connectivity index (χ2n) is 7.59. The normalized spacial score (nSPS) is 10.7. The number of para-hydroxylation sites is 1. The molecule has 0 atom stereocenters. The number of benzene rings is 3. The summed E-state index contributed by atoms with van der Waals surface area (Å²) in [5.74, 6) is 1.65. The van der Waals surface area contributed by atoms with Gasteiger partial charge in [-0.15, -0.1) is 0 Å². The Balaban J connectivity index is 1.62. The number of aromatic amines is 1. The summed E-state index contributed by atoms with van der Waals surface area (Å²) in [7, 11) is 3.19. The van der Waals surface area contributed by atoms with Crippen molar-refractivity contribution in [3.63, 3.8) is 0 Å². The summed E-state index contributed by atoms with van der Waals surface area (Å²) >= 11 is 0. The molecule has 0 aliphatic heterocycles. The average molecular weight is 444 g/mol. The molecule has 1 amide bonds. The molecule has 0 spiro atoms. The molecule has 0 aliphatic carbocycles.